The second kappa shape index (κ2) is 6.35. The third-order valence-corrected chi connectivity index (χ3v) is 3.33. The van der Waals surface area contributed by atoms with Crippen molar-refractivity contribution in [2.75, 3.05) is 0 Å². The van der Waals surface area contributed by atoms with Gasteiger partial charge < -0.3 is 14.5 Å². The molecular formula is C16H15N3O4. The first kappa shape index (κ1) is 14.8. The Morgan fingerprint density at radius 3 is 2.91 bits per heavy atom. The zero-order valence-corrected chi connectivity index (χ0v) is 12.4. The first-order valence-electron chi connectivity index (χ1n) is 7.09. The molecule has 0 aliphatic carbocycles. The van der Waals surface area contributed by atoms with Crippen molar-refractivity contribution in [2.24, 2.45) is 0 Å². The van der Waals surface area contributed by atoms with Crippen LogP contribution >= 0.6 is 0 Å². The van der Waals surface area contributed by atoms with E-state index in [1.54, 1.807) is 30.3 Å². The first-order chi connectivity index (χ1) is 11.1. The summed E-state index contributed by atoms with van der Waals surface area (Å²) in [6.07, 6.45) is 0.584. The maximum absolute atomic E-state index is 12.2. The fourth-order valence-corrected chi connectivity index (χ4v) is 2.12. The predicted molar refractivity (Wildman–Crippen MR) is 81.5 cm³/mol. The van der Waals surface area contributed by atoms with Gasteiger partial charge in [0.15, 0.2) is 11.8 Å². The number of fused-ring (bicyclic) bond motifs is 1. The minimum Gasteiger partial charge on any atom is -0.467 e. The van der Waals surface area contributed by atoms with Crippen LogP contribution in [0.25, 0.3) is 10.9 Å². The number of benzene rings is 1. The van der Waals surface area contributed by atoms with E-state index in [0.717, 1.165) is 5.52 Å². The summed E-state index contributed by atoms with van der Waals surface area (Å²) in [5.74, 6) is -0.437. The summed E-state index contributed by atoms with van der Waals surface area (Å²) in [4.78, 5) is 24.1. The number of H-pyrrole nitrogens is 1. The molecule has 118 valence electrons. The minimum atomic E-state index is -0.937. The quantitative estimate of drug-likeness (QED) is 0.702. The van der Waals surface area contributed by atoms with Gasteiger partial charge in [-0.1, -0.05) is 18.2 Å². The molecule has 0 aliphatic heterocycles. The van der Waals surface area contributed by atoms with E-state index in [2.05, 4.69) is 15.5 Å². The Morgan fingerprint density at radius 2 is 2.13 bits per heavy atom. The summed E-state index contributed by atoms with van der Waals surface area (Å²) in [6, 6.07) is 10.7. The molecule has 0 spiro atoms. The van der Waals surface area contributed by atoms with Crippen molar-refractivity contribution in [1.29, 1.82) is 0 Å². The maximum Gasteiger partial charge on any atom is 0.360 e. The molecule has 0 radical (unpaired) electrons. The fourth-order valence-electron chi connectivity index (χ4n) is 2.12. The van der Waals surface area contributed by atoms with Gasteiger partial charge in [0.1, 0.15) is 5.76 Å². The Kier molecular flexibility index (Phi) is 4.09. The predicted octanol–water partition coefficient (Wildman–Crippen LogP) is 2.02. The van der Waals surface area contributed by atoms with Crippen LogP contribution in [0.2, 0.25) is 0 Å². The van der Waals surface area contributed by atoms with Gasteiger partial charge in [0.2, 0.25) is 0 Å². The monoisotopic (exact) mass is 313 g/mol. The average Bonchev–Trinajstić information content (AvgIpc) is 3.21. The van der Waals surface area contributed by atoms with Crippen molar-refractivity contribution in [2.45, 2.75) is 19.6 Å². The molecule has 0 fully saturated rings. The van der Waals surface area contributed by atoms with Crippen molar-refractivity contribution in [1.82, 2.24) is 15.5 Å². The highest BCUT2D eigenvalue weighted by atomic mass is 16.5. The van der Waals surface area contributed by atoms with Gasteiger partial charge in [-0.2, -0.15) is 5.10 Å². The highest BCUT2D eigenvalue weighted by molar-refractivity contribution is 6.02. The minimum absolute atomic E-state index is 0.159. The molecule has 1 atom stereocenters. The number of carbonyl (C=O) groups excluding carboxylic acids is 2. The van der Waals surface area contributed by atoms with Crippen LogP contribution < -0.4 is 5.32 Å². The Bertz CT molecular complexity index is 823. The Morgan fingerprint density at radius 1 is 1.30 bits per heavy atom. The number of aromatic amines is 1. The van der Waals surface area contributed by atoms with E-state index in [-0.39, 0.29) is 12.2 Å². The summed E-state index contributed by atoms with van der Waals surface area (Å²) in [7, 11) is 0. The van der Waals surface area contributed by atoms with Gasteiger partial charge in [-0.3, -0.25) is 9.89 Å². The van der Waals surface area contributed by atoms with Crippen LogP contribution in [0.3, 0.4) is 0 Å². The van der Waals surface area contributed by atoms with Crippen molar-refractivity contribution < 1.29 is 18.7 Å². The van der Waals surface area contributed by atoms with Gasteiger partial charge >= 0.3 is 5.97 Å². The summed E-state index contributed by atoms with van der Waals surface area (Å²) < 4.78 is 10.3. The number of hydrogen-bond acceptors (Lipinski definition) is 5. The van der Waals surface area contributed by atoms with Crippen molar-refractivity contribution >= 4 is 22.8 Å². The fraction of sp³-hybridized carbons (Fsp3) is 0.188. The molecule has 3 aromatic rings. The lowest BCUT2D eigenvalue weighted by atomic mass is 10.2. The van der Waals surface area contributed by atoms with E-state index in [4.69, 9.17) is 9.15 Å². The van der Waals surface area contributed by atoms with E-state index in [0.29, 0.717) is 11.1 Å². The molecule has 7 nitrogen and oxygen atoms in total. The number of ether oxygens (including phenoxy) is 1. The van der Waals surface area contributed by atoms with E-state index in [9.17, 15) is 9.59 Å². The Hall–Kier alpha value is -3.09. The molecular weight excluding hydrogens is 298 g/mol. The van der Waals surface area contributed by atoms with E-state index >= 15 is 0 Å². The Labute approximate surface area is 131 Å². The van der Waals surface area contributed by atoms with Gasteiger partial charge in [0.05, 0.1) is 18.3 Å². The molecule has 7 heteroatoms. The highest BCUT2D eigenvalue weighted by Gasteiger charge is 2.22. The van der Waals surface area contributed by atoms with Crippen molar-refractivity contribution in [3.05, 3.63) is 54.1 Å². The van der Waals surface area contributed by atoms with E-state index in [1.165, 1.54) is 13.2 Å². The first-order valence-corrected chi connectivity index (χ1v) is 7.09. The number of para-hydroxylation sites is 1. The summed E-state index contributed by atoms with van der Waals surface area (Å²) >= 11 is 0. The lowest BCUT2D eigenvalue weighted by Crippen LogP contribution is -2.35. The molecule has 1 unspecified atom stereocenters. The second-order valence-corrected chi connectivity index (χ2v) is 4.96. The SMILES string of the molecule is CC(OC(=O)c1n[nH]c2ccccc12)C(=O)NCc1ccco1. The van der Waals surface area contributed by atoms with Crippen molar-refractivity contribution in [3.63, 3.8) is 0 Å². The molecule has 0 bridgehead atoms. The summed E-state index contributed by atoms with van der Waals surface area (Å²) in [6.45, 7) is 1.74. The van der Waals surface area contributed by atoms with E-state index in [1.807, 2.05) is 6.07 Å². The Balaban J connectivity index is 1.61. The lowest BCUT2D eigenvalue weighted by molar-refractivity contribution is -0.129. The van der Waals surface area contributed by atoms with Crippen molar-refractivity contribution in [3.8, 4) is 0 Å². The molecule has 1 aromatic carbocycles. The number of hydrogen-bond donors (Lipinski definition) is 2. The normalized spacial score (nSPS) is 12.0. The number of nitrogens with zero attached hydrogens (tertiary/aromatic N) is 1. The maximum atomic E-state index is 12.2. The largest absolute Gasteiger partial charge is 0.467 e. The molecule has 2 aromatic heterocycles. The molecule has 3 rings (SSSR count). The van der Waals surface area contributed by atoms with Gasteiger partial charge in [-0.15, -0.1) is 0 Å². The standard InChI is InChI=1S/C16H15N3O4/c1-10(15(20)17-9-11-5-4-8-22-11)23-16(21)14-12-6-2-3-7-13(12)18-19-14/h2-8,10H,9H2,1H3,(H,17,20)(H,18,19). The van der Waals surface area contributed by atoms with Crippen LogP contribution in [0.4, 0.5) is 0 Å². The van der Waals surface area contributed by atoms with Gasteiger partial charge in [-0.25, -0.2) is 4.79 Å². The number of amides is 1. The van der Waals surface area contributed by atoms with Crippen LogP contribution in [0.15, 0.2) is 47.1 Å². The number of aromatic nitrogens is 2. The molecule has 2 heterocycles. The molecule has 0 aliphatic rings. The number of carbonyl (C=O) groups is 2. The smallest absolute Gasteiger partial charge is 0.360 e. The van der Waals surface area contributed by atoms with E-state index < -0.39 is 18.0 Å². The van der Waals surface area contributed by atoms with Crippen LogP contribution in [-0.4, -0.2) is 28.2 Å². The van der Waals surface area contributed by atoms with Crippen LogP contribution in [0, 0.1) is 0 Å². The van der Waals surface area contributed by atoms with Crippen LogP contribution in [0.1, 0.15) is 23.2 Å². The zero-order valence-electron chi connectivity index (χ0n) is 12.4. The number of rotatable bonds is 5. The lowest BCUT2D eigenvalue weighted by Gasteiger charge is -2.12. The molecule has 2 N–H and O–H groups in total. The van der Waals surface area contributed by atoms with Gasteiger partial charge in [0.25, 0.3) is 5.91 Å². The molecule has 1 amide bonds. The zero-order chi connectivity index (χ0) is 16.2. The molecule has 0 saturated carbocycles. The number of furan rings is 1. The summed E-state index contributed by atoms with van der Waals surface area (Å²) in [5, 5.41) is 9.99. The van der Waals surface area contributed by atoms with Crippen LogP contribution in [-0.2, 0) is 16.1 Å². The number of esters is 1. The highest BCUT2D eigenvalue weighted by Crippen LogP contribution is 2.16. The summed E-state index contributed by atoms with van der Waals surface area (Å²) in [5.41, 5.74) is 0.889. The average molecular weight is 313 g/mol. The second-order valence-electron chi connectivity index (χ2n) is 4.96. The van der Waals surface area contributed by atoms with Gasteiger partial charge in [0, 0.05) is 5.39 Å². The number of nitrogens with one attached hydrogen (secondary N) is 2. The topological polar surface area (TPSA) is 97.2 Å². The molecule has 0 saturated heterocycles. The third-order valence-electron chi connectivity index (χ3n) is 3.33. The van der Waals surface area contributed by atoms with Gasteiger partial charge in [-0.05, 0) is 25.1 Å². The third kappa shape index (κ3) is 3.23. The van der Waals surface area contributed by atoms with Crippen LogP contribution in [0.5, 0.6) is 0 Å². The molecule has 23 heavy (non-hydrogen) atoms.